The highest BCUT2D eigenvalue weighted by molar-refractivity contribution is 5.99. The first-order chi connectivity index (χ1) is 38.9. The lowest BCUT2D eigenvalue weighted by Gasteiger charge is -2.19. The highest BCUT2D eigenvalue weighted by Crippen LogP contribution is 2.43. The SMILES string of the molecule is CCCCCCCC/C=C\CCCCCCCC(=O)OCC(COC(=O)CCCCCCC/C=C\CCCCCCCC)OC(=O)CCCCCCCCC(=O)Oc1c(C/C=C(\C)CCC(=O)OC)c(OC)c(C)c2c1C(=O)OC2. The van der Waals surface area contributed by atoms with Crippen molar-refractivity contribution in [2.75, 3.05) is 27.4 Å². The third-order valence-electron chi connectivity index (χ3n) is 14.9. The molecule has 0 bridgehead atoms. The number of cyclic esters (lactones) is 1. The molecule has 0 saturated heterocycles. The zero-order valence-corrected chi connectivity index (χ0v) is 51.0. The Morgan fingerprint density at radius 2 is 0.912 bits per heavy atom. The van der Waals surface area contributed by atoms with Gasteiger partial charge in [0.15, 0.2) is 11.9 Å². The van der Waals surface area contributed by atoms with Crippen LogP contribution in [-0.4, -0.2) is 69.4 Å². The Morgan fingerprint density at radius 1 is 0.500 bits per heavy atom. The van der Waals surface area contributed by atoms with Gasteiger partial charge in [0, 0.05) is 43.2 Å². The number of hydrogen-bond acceptors (Lipinski definition) is 13. The Labute approximate surface area is 483 Å². The second-order valence-electron chi connectivity index (χ2n) is 22.0. The molecule has 1 aliphatic rings. The van der Waals surface area contributed by atoms with Crippen LogP contribution in [0.1, 0.15) is 292 Å². The topological polar surface area (TPSA) is 167 Å². The minimum Gasteiger partial charge on any atom is -0.496 e. The number of benzene rings is 1. The lowest BCUT2D eigenvalue weighted by Crippen LogP contribution is -2.30. The van der Waals surface area contributed by atoms with E-state index < -0.39 is 24.0 Å². The van der Waals surface area contributed by atoms with Gasteiger partial charge < -0.3 is 33.2 Å². The summed E-state index contributed by atoms with van der Waals surface area (Å²) in [6, 6.07) is 0. The maximum atomic E-state index is 13.3. The largest absolute Gasteiger partial charge is 0.496 e. The molecule has 80 heavy (non-hydrogen) atoms. The Morgan fingerprint density at radius 3 is 1.35 bits per heavy atom. The van der Waals surface area contributed by atoms with E-state index in [-0.39, 0.29) is 81.1 Å². The zero-order chi connectivity index (χ0) is 58.3. The van der Waals surface area contributed by atoms with Gasteiger partial charge in [-0.15, -0.1) is 0 Å². The maximum Gasteiger partial charge on any atom is 0.342 e. The van der Waals surface area contributed by atoms with Gasteiger partial charge in [0.2, 0.25) is 0 Å². The van der Waals surface area contributed by atoms with Crippen molar-refractivity contribution in [3.63, 3.8) is 0 Å². The number of carbonyl (C=O) groups excluding carboxylic acids is 6. The van der Waals surface area contributed by atoms with Crippen molar-refractivity contribution in [2.24, 2.45) is 0 Å². The van der Waals surface area contributed by atoms with E-state index in [9.17, 15) is 28.8 Å². The normalized spacial score (nSPS) is 12.3. The maximum absolute atomic E-state index is 13.3. The summed E-state index contributed by atoms with van der Waals surface area (Å²) in [6.45, 7) is 7.98. The van der Waals surface area contributed by atoms with E-state index in [1.54, 1.807) is 0 Å². The fraction of sp³-hybridized carbons (Fsp3) is 0.731. The average Bonchev–Trinajstić information content (AvgIpc) is 3.89. The first kappa shape index (κ1) is 71.2. The van der Waals surface area contributed by atoms with E-state index in [4.69, 9.17) is 33.2 Å². The molecule has 0 fully saturated rings. The van der Waals surface area contributed by atoms with Crippen LogP contribution >= 0.6 is 0 Å². The van der Waals surface area contributed by atoms with Crippen molar-refractivity contribution in [3.05, 3.63) is 58.2 Å². The molecule has 1 aromatic rings. The molecule has 0 amide bonds. The van der Waals surface area contributed by atoms with E-state index in [1.807, 2.05) is 19.9 Å². The molecule has 0 aliphatic carbocycles. The average molecular weight is 1120 g/mol. The number of carbonyl (C=O) groups is 6. The smallest absolute Gasteiger partial charge is 0.342 e. The molecule has 13 heteroatoms. The molecular weight excluding hydrogens is 1010 g/mol. The van der Waals surface area contributed by atoms with Gasteiger partial charge in [-0.2, -0.15) is 0 Å². The van der Waals surface area contributed by atoms with Crippen molar-refractivity contribution in [2.45, 2.75) is 291 Å². The summed E-state index contributed by atoms with van der Waals surface area (Å²) in [7, 11) is 2.89. The van der Waals surface area contributed by atoms with E-state index >= 15 is 0 Å². The number of methoxy groups -OCH3 is 2. The molecule has 1 aliphatic heterocycles. The number of unbranched alkanes of at least 4 members (excludes halogenated alkanes) is 27. The molecule has 13 nitrogen and oxygen atoms in total. The minimum atomic E-state index is -0.888. The third-order valence-corrected chi connectivity index (χ3v) is 14.9. The van der Waals surface area contributed by atoms with Crippen molar-refractivity contribution < 1.29 is 61.9 Å². The molecule has 0 atom stereocenters. The Balaban J connectivity index is 1.79. The highest BCUT2D eigenvalue weighted by Gasteiger charge is 2.34. The first-order valence-electron chi connectivity index (χ1n) is 31.6. The second-order valence-corrected chi connectivity index (χ2v) is 22.0. The van der Waals surface area contributed by atoms with Gasteiger partial charge in [0.05, 0.1) is 14.2 Å². The Kier molecular flexibility index (Phi) is 42.4. The fourth-order valence-corrected chi connectivity index (χ4v) is 9.87. The molecule has 454 valence electrons. The first-order valence-corrected chi connectivity index (χ1v) is 31.6. The summed E-state index contributed by atoms with van der Waals surface area (Å²) >= 11 is 0. The third kappa shape index (κ3) is 34.4. The van der Waals surface area contributed by atoms with E-state index in [0.29, 0.717) is 42.6 Å². The minimum absolute atomic E-state index is 0.0646. The number of esters is 6. The van der Waals surface area contributed by atoms with Crippen molar-refractivity contribution in [3.8, 4) is 11.5 Å². The standard InChI is InChI=1S/C67H108O13/c1-7-9-11-13-15-17-19-21-23-25-27-29-31-35-39-43-60(69)76-51-56(52-77-61(70)44-40-36-32-30-28-26-24-22-20-18-16-14-12-10-8-2)79-62(71)45-41-37-33-34-38-42-46-63(72)80-66-57(49-47-54(3)48-50-59(68)74-5)65(75-6)55(4)58-53-78-67(73)64(58)66/h21-24,47,56H,7-20,25-46,48-53H2,1-6H3/b23-21-,24-22-,54-47+. The zero-order valence-electron chi connectivity index (χ0n) is 51.0. The van der Waals surface area contributed by atoms with Gasteiger partial charge in [0.1, 0.15) is 31.1 Å². The summed E-state index contributed by atoms with van der Waals surface area (Å²) in [5.41, 5.74) is 3.12. The summed E-state index contributed by atoms with van der Waals surface area (Å²) in [4.78, 5) is 76.5. The van der Waals surface area contributed by atoms with Gasteiger partial charge in [0.25, 0.3) is 0 Å². The Bertz CT molecular complexity index is 1930. The predicted molar refractivity (Wildman–Crippen MR) is 319 cm³/mol. The number of allylic oxidation sites excluding steroid dienone is 6. The molecule has 0 spiro atoms. The lowest BCUT2D eigenvalue weighted by atomic mass is 9.94. The lowest BCUT2D eigenvalue weighted by molar-refractivity contribution is -0.167. The highest BCUT2D eigenvalue weighted by atomic mass is 16.6. The van der Waals surface area contributed by atoms with Crippen molar-refractivity contribution in [1.82, 2.24) is 0 Å². The molecule has 1 heterocycles. The van der Waals surface area contributed by atoms with Crippen molar-refractivity contribution >= 4 is 35.8 Å². The number of rotatable bonds is 51. The molecular formula is C67H108O13. The molecule has 0 radical (unpaired) electrons. The van der Waals surface area contributed by atoms with Crippen LogP contribution in [0.5, 0.6) is 11.5 Å². The van der Waals surface area contributed by atoms with Crippen LogP contribution in [0.15, 0.2) is 36.0 Å². The molecule has 2 rings (SSSR count). The summed E-state index contributed by atoms with van der Waals surface area (Å²) < 4.78 is 38.7. The second kappa shape index (κ2) is 47.7. The van der Waals surface area contributed by atoms with Gasteiger partial charge >= 0.3 is 35.8 Å². The van der Waals surface area contributed by atoms with Gasteiger partial charge in [-0.25, -0.2) is 4.79 Å². The number of hydrogen-bond donors (Lipinski definition) is 0. The van der Waals surface area contributed by atoms with Gasteiger partial charge in [-0.1, -0.05) is 178 Å². The van der Waals surface area contributed by atoms with Crippen LogP contribution in [0.3, 0.4) is 0 Å². The van der Waals surface area contributed by atoms with Crippen LogP contribution in [0, 0.1) is 6.92 Å². The van der Waals surface area contributed by atoms with Crippen molar-refractivity contribution in [1.29, 1.82) is 0 Å². The fourth-order valence-electron chi connectivity index (χ4n) is 9.87. The molecule has 1 aromatic carbocycles. The molecule has 0 N–H and O–H groups in total. The predicted octanol–water partition coefficient (Wildman–Crippen LogP) is 17.2. The number of fused-ring (bicyclic) bond motifs is 1. The summed E-state index contributed by atoms with van der Waals surface area (Å²) in [5.74, 6) is -1.79. The Hall–Kier alpha value is -4.94. The summed E-state index contributed by atoms with van der Waals surface area (Å²) in [6.07, 6.45) is 47.1. The van der Waals surface area contributed by atoms with E-state index in [0.717, 1.165) is 114 Å². The van der Waals surface area contributed by atoms with Gasteiger partial charge in [-0.05, 0) is 109 Å². The van der Waals surface area contributed by atoms with E-state index in [2.05, 4.69) is 38.2 Å². The van der Waals surface area contributed by atoms with Crippen LogP contribution in [0.4, 0.5) is 0 Å². The van der Waals surface area contributed by atoms with Crippen LogP contribution < -0.4 is 9.47 Å². The van der Waals surface area contributed by atoms with Crippen LogP contribution in [0.2, 0.25) is 0 Å². The molecule has 0 aromatic heterocycles. The quantitative estimate of drug-likeness (QED) is 0.0199. The van der Waals surface area contributed by atoms with Crippen LogP contribution in [0.25, 0.3) is 0 Å². The number of ether oxygens (including phenoxy) is 7. The van der Waals surface area contributed by atoms with Crippen LogP contribution in [-0.2, 0) is 60.7 Å². The van der Waals surface area contributed by atoms with E-state index in [1.165, 1.54) is 104 Å². The monoisotopic (exact) mass is 1120 g/mol. The summed E-state index contributed by atoms with van der Waals surface area (Å²) in [5, 5.41) is 0. The van der Waals surface area contributed by atoms with Gasteiger partial charge in [-0.3, -0.25) is 24.0 Å². The molecule has 0 unspecified atom stereocenters. The molecule has 0 saturated carbocycles.